The maximum absolute atomic E-state index is 5.25. The lowest BCUT2D eigenvalue weighted by atomic mass is 10.2. The van der Waals surface area contributed by atoms with Gasteiger partial charge in [-0.25, -0.2) is 0 Å². The number of hydrogen-bond acceptors (Lipinski definition) is 3. The van der Waals surface area contributed by atoms with Crippen LogP contribution in [0.5, 0.6) is 5.75 Å². The fourth-order valence-corrected chi connectivity index (χ4v) is 3.81. The van der Waals surface area contributed by atoms with Crippen LogP contribution in [0.25, 0.3) is 0 Å². The Morgan fingerprint density at radius 3 is 3.06 bits per heavy atom. The number of halogens is 1. The van der Waals surface area contributed by atoms with Gasteiger partial charge in [-0.1, -0.05) is 22.4 Å². The van der Waals surface area contributed by atoms with Gasteiger partial charge >= 0.3 is 0 Å². The molecule has 0 aromatic heterocycles. The van der Waals surface area contributed by atoms with E-state index < -0.39 is 0 Å². The highest BCUT2D eigenvalue weighted by Gasteiger charge is 2.13. The van der Waals surface area contributed by atoms with Crippen molar-refractivity contribution in [1.82, 2.24) is 5.32 Å². The first-order chi connectivity index (χ1) is 8.79. The van der Waals surface area contributed by atoms with Gasteiger partial charge in [-0.05, 0) is 42.4 Å². The minimum Gasteiger partial charge on any atom is -0.497 e. The van der Waals surface area contributed by atoms with Crippen molar-refractivity contribution in [2.45, 2.75) is 31.1 Å². The molecule has 0 radical (unpaired) electrons. The van der Waals surface area contributed by atoms with Crippen molar-refractivity contribution in [3.8, 4) is 5.75 Å². The van der Waals surface area contributed by atoms with Crippen molar-refractivity contribution in [1.29, 1.82) is 0 Å². The van der Waals surface area contributed by atoms with E-state index in [-0.39, 0.29) is 0 Å². The number of methoxy groups -OCH3 is 1. The molecule has 2 nitrogen and oxygen atoms in total. The quantitative estimate of drug-likeness (QED) is 0.886. The Kier molecular flexibility index (Phi) is 5.86. The highest BCUT2D eigenvalue weighted by molar-refractivity contribution is 9.10. The number of ether oxygens (including phenoxy) is 1. The van der Waals surface area contributed by atoms with Crippen LogP contribution in [0.2, 0.25) is 0 Å². The predicted molar refractivity (Wildman–Crippen MR) is 82.5 cm³/mol. The van der Waals surface area contributed by atoms with Crippen molar-refractivity contribution in [3.05, 3.63) is 28.2 Å². The zero-order valence-electron chi connectivity index (χ0n) is 10.7. The van der Waals surface area contributed by atoms with Gasteiger partial charge in [0.2, 0.25) is 0 Å². The highest BCUT2D eigenvalue weighted by atomic mass is 79.9. The normalized spacial score (nSPS) is 19.8. The minimum absolute atomic E-state index is 0.795. The lowest BCUT2D eigenvalue weighted by Gasteiger charge is -2.21. The molecule has 4 heteroatoms. The fourth-order valence-electron chi connectivity index (χ4n) is 2.15. The number of rotatable bonds is 5. The number of benzene rings is 1. The average molecular weight is 330 g/mol. The third-order valence-corrected chi connectivity index (χ3v) is 5.39. The molecule has 100 valence electrons. The van der Waals surface area contributed by atoms with Gasteiger partial charge in [-0.15, -0.1) is 0 Å². The summed E-state index contributed by atoms with van der Waals surface area (Å²) in [6, 6.07) is 6.11. The highest BCUT2D eigenvalue weighted by Crippen LogP contribution is 2.25. The molecule has 1 unspecified atom stereocenters. The molecule has 0 aliphatic carbocycles. The molecule has 1 aromatic rings. The van der Waals surface area contributed by atoms with Crippen molar-refractivity contribution in [2.75, 3.05) is 19.4 Å². The standard InChI is InChI=1S/C14H20BrNOS/c1-17-12-5-6-14(15)11(8-12)9-16-10-13-4-2-3-7-18-13/h5-6,8,13,16H,2-4,7,9-10H2,1H3. The van der Waals surface area contributed by atoms with E-state index >= 15 is 0 Å². The summed E-state index contributed by atoms with van der Waals surface area (Å²) < 4.78 is 6.40. The zero-order chi connectivity index (χ0) is 12.8. The first-order valence-corrected chi connectivity index (χ1v) is 8.28. The van der Waals surface area contributed by atoms with E-state index in [0.717, 1.165) is 28.6 Å². The van der Waals surface area contributed by atoms with E-state index in [2.05, 4.69) is 39.1 Å². The van der Waals surface area contributed by atoms with Gasteiger partial charge in [-0.3, -0.25) is 0 Å². The molecule has 1 saturated heterocycles. The Hall–Kier alpha value is -0.190. The summed E-state index contributed by atoms with van der Waals surface area (Å²) in [5.41, 5.74) is 1.26. The average Bonchev–Trinajstić information content (AvgIpc) is 2.42. The molecule has 1 aliphatic rings. The number of thioether (sulfide) groups is 1. The van der Waals surface area contributed by atoms with Crippen molar-refractivity contribution >= 4 is 27.7 Å². The summed E-state index contributed by atoms with van der Waals surface area (Å²) in [4.78, 5) is 0. The molecule has 0 spiro atoms. The summed E-state index contributed by atoms with van der Waals surface area (Å²) in [5.74, 6) is 2.25. The van der Waals surface area contributed by atoms with Crippen LogP contribution in [0.15, 0.2) is 22.7 Å². The van der Waals surface area contributed by atoms with Gasteiger partial charge in [0.1, 0.15) is 5.75 Å². The van der Waals surface area contributed by atoms with Gasteiger partial charge in [0.15, 0.2) is 0 Å². The molecular formula is C14H20BrNOS. The van der Waals surface area contributed by atoms with Crippen LogP contribution in [0.4, 0.5) is 0 Å². The van der Waals surface area contributed by atoms with Crippen LogP contribution in [-0.2, 0) is 6.54 Å². The van der Waals surface area contributed by atoms with Gasteiger partial charge in [0, 0.05) is 22.8 Å². The van der Waals surface area contributed by atoms with Crippen LogP contribution in [0.3, 0.4) is 0 Å². The van der Waals surface area contributed by atoms with E-state index in [4.69, 9.17) is 4.74 Å². The monoisotopic (exact) mass is 329 g/mol. The SMILES string of the molecule is COc1ccc(Br)c(CNCC2CCCCS2)c1. The number of hydrogen-bond donors (Lipinski definition) is 1. The van der Waals surface area contributed by atoms with E-state index in [0.29, 0.717) is 0 Å². The fraction of sp³-hybridized carbons (Fsp3) is 0.571. The van der Waals surface area contributed by atoms with E-state index in [1.165, 1.54) is 30.6 Å². The van der Waals surface area contributed by atoms with Gasteiger partial charge in [-0.2, -0.15) is 11.8 Å². The lowest BCUT2D eigenvalue weighted by molar-refractivity contribution is 0.414. The molecule has 1 aliphatic heterocycles. The molecule has 0 saturated carbocycles. The van der Waals surface area contributed by atoms with Crippen molar-refractivity contribution in [2.24, 2.45) is 0 Å². The molecule has 18 heavy (non-hydrogen) atoms. The summed E-state index contributed by atoms with van der Waals surface area (Å²) in [6.45, 7) is 2.00. The molecule has 1 aromatic carbocycles. The molecule has 0 bridgehead atoms. The molecular weight excluding hydrogens is 310 g/mol. The largest absolute Gasteiger partial charge is 0.497 e. The third-order valence-electron chi connectivity index (χ3n) is 3.21. The first kappa shape index (κ1) is 14.2. The summed E-state index contributed by atoms with van der Waals surface area (Å²) >= 11 is 5.70. The van der Waals surface area contributed by atoms with E-state index in [1.54, 1.807) is 7.11 Å². The molecule has 1 heterocycles. The van der Waals surface area contributed by atoms with Crippen LogP contribution < -0.4 is 10.1 Å². The summed E-state index contributed by atoms with van der Waals surface area (Å²) in [5, 5.41) is 4.35. The number of nitrogens with one attached hydrogen (secondary N) is 1. The summed E-state index contributed by atoms with van der Waals surface area (Å²) in [6.07, 6.45) is 4.14. The Labute approximate surface area is 122 Å². The Balaban J connectivity index is 1.81. The lowest BCUT2D eigenvalue weighted by Crippen LogP contribution is -2.26. The van der Waals surface area contributed by atoms with E-state index in [9.17, 15) is 0 Å². The van der Waals surface area contributed by atoms with E-state index in [1.807, 2.05) is 12.1 Å². The molecule has 0 amide bonds. The van der Waals surface area contributed by atoms with Crippen LogP contribution in [0.1, 0.15) is 24.8 Å². The first-order valence-electron chi connectivity index (χ1n) is 6.44. The predicted octanol–water partition coefficient (Wildman–Crippen LogP) is 3.83. The molecule has 1 fully saturated rings. The molecule has 1 atom stereocenters. The second-order valence-corrected chi connectivity index (χ2v) is 6.84. The Morgan fingerprint density at radius 1 is 1.44 bits per heavy atom. The van der Waals surface area contributed by atoms with Crippen LogP contribution >= 0.6 is 27.7 Å². The topological polar surface area (TPSA) is 21.3 Å². The van der Waals surface area contributed by atoms with Crippen LogP contribution in [-0.4, -0.2) is 24.7 Å². The van der Waals surface area contributed by atoms with Gasteiger partial charge in [0.25, 0.3) is 0 Å². The molecule has 1 N–H and O–H groups in total. The zero-order valence-corrected chi connectivity index (χ0v) is 13.1. The smallest absolute Gasteiger partial charge is 0.119 e. The Morgan fingerprint density at radius 2 is 2.33 bits per heavy atom. The maximum atomic E-state index is 5.25. The maximum Gasteiger partial charge on any atom is 0.119 e. The second-order valence-electron chi connectivity index (χ2n) is 4.58. The van der Waals surface area contributed by atoms with Crippen LogP contribution in [0, 0.1) is 0 Å². The molecule has 2 rings (SSSR count). The Bertz CT molecular complexity index is 380. The second kappa shape index (κ2) is 7.41. The minimum atomic E-state index is 0.795. The third kappa shape index (κ3) is 4.18. The van der Waals surface area contributed by atoms with Gasteiger partial charge < -0.3 is 10.1 Å². The summed E-state index contributed by atoms with van der Waals surface area (Å²) in [7, 11) is 1.71. The van der Waals surface area contributed by atoms with Gasteiger partial charge in [0.05, 0.1) is 7.11 Å². The van der Waals surface area contributed by atoms with Crippen molar-refractivity contribution < 1.29 is 4.74 Å². The van der Waals surface area contributed by atoms with Crippen molar-refractivity contribution in [3.63, 3.8) is 0 Å².